The van der Waals surface area contributed by atoms with Crippen molar-refractivity contribution >= 4 is 61.1 Å². The van der Waals surface area contributed by atoms with Crippen LogP contribution in [0.4, 0.5) is 5.69 Å². The quantitative estimate of drug-likeness (QED) is 0.327. The standard InChI is InChI=1S/C13H10Br2ClNO4/c1-13(2)20-11(18)7(12(19)21-13)5-17-6-3-8(14)10(16)9(15)4-6/h3-5,17H,1-2H3. The first-order valence-corrected chi connectivity index (χ1v) is 7.74. The molecule has 0 saturated carbocycles. The lowest BCUT2D eigenvalue weighted by Crippen LogP contribution is -2.42. The van der Waals surface area contributed by atoms with Crippen LogP contribution < -0.4 is 5.32 Å². The van der Waals surface area contributed by atoms with E-state index in [1.165, 1.54) is 20.0 Å². The maximum Gasteiger partial charge on any atom is 0.350 e. The minimum Gasteiger partial charge on any atom is -0.419 e. The summed E-state index contributed by atoms with van der Waals surface area (Å²) in [5, 5.41) is 3.35. The lowest BCUT2D eigenvalue weighted by molar-refractivity contribution is -0.222. The van der Waals surface area contributed by atoms with Gasteiger partial charge in [0.25, 0.3) is 5.79 Å². The number of ether oxygens (including phenoxy) is 2. The van der Waals surface area contributed by atoms with Crippen molar-refractivity contribution in [3.8, 4) is 0 Å². The van der Waals surface area contributed by atoms with Crippen molar-refractivity contribution in [3.05, 3.63) is 37.9 Å². The Morgan fingerprint density at radius 2 is 1.62 bits per heavy atom. The van der Waals surface area contributed by atoms with Crippen molar-refractivity contribution in [2.45, 2.75) is 19.6 Å². The molecule has 0 atom stereocenters. The number of anilines is 1. The average Bonchev–Trinajstić information content (AvgIpc) is 2.33. The Hall–Kier alpha value is -1.05. The Morgan fingerprint density at radius 1 is 1.14 bits per heavy atom. The first-order chi connectivity index (χ1) is 9.69. The van der Waals surface area contributed by atoms with E-state index in [0.29, 0.717) is 19.7 Å². The zero-order chi connectivity index (χ0) is 15.8. The molecule has 1 heterocycles. The highest BCUT2D eigenvalue weighted by molar-refractivity contribution is 9.11. The molecule has 0 aliphatic carbocycles. The molecule has 1 fully saturated rings. The van der Waals surface area contributed by atoms with Gasteiger partial charge in [0.1, 0.15) is 0 Å². The predicted octanol–water partition coefficient (Wildman–Crippen LogP) is 4.00. The van der Waals surface area contributed by atoms with Crippen LogP contribution in [-0.4, -0.2) is 17.7 Å². The summed E-state index contributed by atoms with van der Waals surface area (Å²) < 4.78 is 11.3. The van der Waals surface area contributed by atoms with Crippen molar-refractivity contribution < 1.29 is 19.1 Å². The van der Waals surface area contributed by atoms with E-state index in [9.17, 15) is 9.59 Å². The third-order valence-corrected chi connectivity index (χ3v) is 4.60. The molecule has 1 aromatic rings. The van der Waals surface area contributed by atoms with Gasteiger partial charge in [-0.05, 0) is 44.0 Å². The fourth-order valence-corrected chi connectivity index (χ4v) is 2.87. The number of hydrogen-bond acceptors (Lipinski definition) is 5. The number of nitrogens with one attached hydrogen (secondary N) is 1. The highest BCUT2D eigenvalue weighted by atomic mass is 79.9. The second-order valence-corrected chi connectivity index (χ2v) is 6.72. The molecule has 0 aromatic heterocycles. The molecule has 0 unspecified atom stereocenters. The number of esters is 2. The minimum atomic E-state index is -1.25. The Kier molecular flexibility index (Phi) is 4.65. The van der Waals surface area contributed by atoms with E-state index in [0.717, 1.165) is 0 Å². The van der Waals surface area contributed by atoms with Gasteiger partial charge < -0.3 is 14.8 Å². The molecule has 5 nitrogen and oxygen atoms in total. The molecule has 1 aromatic carbocycles. The number of cyclic esters (lactones) is 2. The van der Waals surface area contributed by atoms with Crippen molar-refractivity contribution in [2.24, 2.45) is 0 Å². The van der Waals surface area contributed by atoms with Crippen LogP contribution >= 0.6 is 43.5 Å². The lowest BCUT2D eigenvalue weighted by Gasteiger charge is -2.29. The van der Waals surface area contributed by atoms with Gasteiger partial charge in [0, 0.05) is 34.7 Å². The summed E-state index contributed by atoms with van der Waals surface area (Å²) in [4.78, 5) is 23.5. The van der Waals surface area contributed by atoms with E-state index in [-0.39, 0.29) is 5.57 Å². The van der Waals surface area contributed by atoms with Crippen molar-refractivity contribution in [1.82, 2.24) is 0 Å². The molecule has 1 aliphatic rings. The van der Waals surface area contributed by atoms with Crippen LogP contribution in [0.1, 0.15) is 13.8 Å². The van der Waals surface area contributed by atoms with Crippen LogP contribution in [-0.2, 0) is 19.1 Å². The molecule has 112 valence electrons. The second-order valence-electron chi connectivity index (χ2n) is 4.64. The summed E-state index contributed by atoms with van der Waals surface area (Å²) >= 11 is 12.6. The van der Waals surface area contributed by atoms with Gasteiger partial charge in [-0.1, -0.05) is 11.6 Å². The van der Waals surface area contributed by atoms with Gasteiger partial charge >= 0.3 is 11.9 Å². The molecule has 2 rings (SSSR count). The van der Waals surface area contributed by atoms with Gasteiger partial charge in [0.2, 0.25) is 0 Å². The summed E-state index contributed by atoms with van der Waals surface area (Å²) in [6.07, 6.45) is 1.24. The molecule has 0 amide bonds. The topological polar surface area (TPSA) is 64.6 Å². The summed E-state index contributed by atoms with van der Waals surface area (Å²) in [6.45, 7) is 2.97. The van der Waals surface area contributed by atoms with E-state index < -0.39 is 17.7 Å². The largest absolute Gasteiger partial charge is 0.419 e. The van der Waals surface area contributed by atoms with E-state index in [1.807, 2.05) is 0 Å². The van der Waals surface area contributed by atoms with E-state index >= 15 is 0 Å². The number of carbonyl (C=O) groups is 2. The van der Waals surface area contributed by atoms with Crippen molar-refractivity contribution in [1.29, 1.82) is 0 Å². The molecular weight excluding hydrogens is 429 g/mol. The molecule has 1 aliphatic heterocycles. The highest BCUT2D eigenvalue weighted by Gasteiger charge is 2.38. The first-order valence-electron chi connectivity index (χ1n) is 5.77. The maximum atomic E-state index is 11.8. The van der Waals surface area contributed by atoms with Crippen LogP contribution in [0.3, 0.4) is 0 Å². The Bertz CT molecular complexity index is 613. The molecule has 0 radical (unpaired) electrons. The van der Waals surface area contributed by atoms with E-state index in [4.69, 9.17) is 21.1 Å². The number of hydrogen-bond donors (Lipinski definition) is 1. The summed E-state index contributed by atoms with van der Waals surface area (Å²) in [5.41, 5.74) is 0.410. The van der Waals surface area contributed by atoms with Gasteiger partial charge in [0.15, 0.2) is 5.57 Å². The summed E-state index contributed by atoms with van der Waals surface area (Å²) in [6, 6.07) is 3.40. The van der Waals surface area contributed by atoms with Crippen LogP contribution in [0.15, 0.2) is 32.9 Å². The number of rotatable bonds is 2. The summed E-state index contributed by atoms with van der Waals surface area (Å²) in [7, 11) is 0. The molecule has 21 heavy (non-hydrogen) atoms. The summed E-state index contributed by atoms with van der Waals surface area (Å²) in [5.74, 6) is -2.73. The molecule has 8 heteroatoms. The SMILES string of the molecule is CC1(C)OC(=O)C(=CNc2cc(Br)c(Cl)c(Br)c2)C(=O)O1. The monoisotopic (exact) mass is 437 g/mol. The molecular formula is C13H10Br2ClNO4. The van der Waals surface area contributed by atoms with Gasteiger partial charge in [-0.3, -0.25) is 0 Å². The highest BCUT2D eigenvalue weighted by Crippen LogP contribution is 2.34. The third kappa shape index (κ3) is 3.78. The molecule has 0 spiro atoms. The van der Waals surface area contributed by atoms with Gasteiger partial charge in [-0.2, -0.15) is 0 Å². The Labute approximate surface area is 142 Å². The normalized spacial score (nSPS) is 17.1. The van der Waals surface area contributed by atoms with Gasteiger partial charge in [-0.25, -0.2) is 9.59 Å². The number of carbonyl (C=O) groups excluding carboxylic acids is 2. The van der Waals surface area contributed by atoms with Crippen LogP contribution in [0.5, 0.6) is 0 Å². The zero-order valence-electron chi connectivity index (χ0n) is 11.0. The number of halogens is 3. The lowest BCUT2D eigenvalue weighted by atomic mass is 10.2. The number of benzene rings is 1. The minimum absolute atomic E-state index is 0.212. The van der Waals surface area contributed by atoms with Crippen LogP contribution in [0.2, 0.25) is 5.02 Å². The van der Waals surface area contributed by atoms with Crippen molar-refractivity contribution in [2.75, 3.05) is 5.32 Å². The predicted molar refractivity (Wildman–Crippen MR) is 84.8 cm³/mol. The second kappa shape index (κ2) is 5.98. The third-order valence-electron chi connectivity index (χ3n) is 2.48. The average molecular weight is 439 g/mol. The molecule has 1 saturated heterocycles. The fraction of sp³-hybridized carbons (Fsp3) is 0.231. The van der Waals surface area contributed by atoms with Crippen LogP contribution in [0.25, 0.3) is 0 Å². The fourth-order valence-electron chi connectivity index (χ4n) is 1.57. The van der Waals surface area contributed by atoms with Crippen LogP contribution in [0, 0.1) is 0 Å². The first kappa shape index (κ1) is 16.3. The van der Waals surface area contributed by atoms with Crippen molar-refractivity contribution in [3.63, 3.8) is 0 Å². The van der Waals surface area contributed by atoms with E-state index in [1.54, 1.807) is 12.1 Å². The zero-order valence-corrected chi connectivity index (χ0v) is 14.9. The Balaban J connectivity index is 2.22. The molecule has 1 N–H and O–H groups in total. The van der Waals surface area contributed by atoms with E-state index in [2.05, 4.69) is 37.2 Å². The maximum absolute atomic E-state index is 11.8. The van der Waals surface area contributed by atoms with Gasteiger partial charge in [0.05, 0.1) is 5.02 Å². The Morgan fingerprint density at radius 3 is 2.10 bits per heavy atom. The smallest absolute Gasteiger partial charge is 0.350 e. The molecule has 0 bridgehead atoms. The van der Waals surface area contributed by atoms with Gasteiger partial charge in [-0.15, -0.1) is 0 Å².